The van der Waals surface area contributed by atoms with Crippen LogP contribution in [0.4, 0.5) is 5.69 Å². The largest absolute Gasteiger partial charge is 0.507 e. The molecule has 88 valence electrons. The van der Waals surface area contributed by atoms with Gasteiger partial charge in [0.25, 0.3) is 0 Å². The maximum absolute atomic E-state index is 9.68. The van der Waals surface area contributed by atoms with Crippen LogP contribution in [0.3, 0.4) is 0 Å². The quantitative estimate of drug-likeness (QED) is 0.798. The van der Waals surface area contributed by atoms with Crippen LogP contribution >= 0.6 is 0 Å². The van der Waals surface area contributed by atoms with E-state index in [1.807, 2.05) is 36.4 Å². The lowest BCUT2D eigenvalue weighted by Gasteiger charge is -2.06. The van der Waals surface area contributed by atoms with E-state index in [1.54, 1.807) is 24.3 Å². The summed E-state index contributed by atoms with van der Waals surface area (Å²) in [6, 6.07) is 16.7. The third-order valence-electron chi connectivity index (χ3n) is 2.44. The predicted octanol–water partition coefficient (Wildman–Crippen LogP) is 3.48. The van der Waals surface area contributed by atoms with Crippen LogP contribution in [-0.2, 0) is 0 Å². The molecule has 0 heterocycles. The van der Waals surface area contributed by atoms with E-state index < -0.39 is 0 Å². The number of allylic oxidation sites excluding steroid dienone is 1. The van der Waals surface area contributed by atoms with Gasteiger partial charge in [0.1, 0.15) is 5.75 Å². The zero-order valence-electron chi connectivity index (χ0n) is 9.80. The SMILES string of the molecule is C#CC(=Cc1ccccc1O)Nc1ccccc1. The van der Waals surface area contributed by atoms with Crippen molar-refractivity contribution < 1.29 is 5.11 Å². The van der Waals surface area contributed by atoms with Gasteiger partial charge in [-0.15, -0.1) is 6.42 Å². The molecule has 0 spiro atoms. The van der Waals surface area contributed by atoms with Crippen LogP contribution in [-0.4, -0.2) is 5.11 Å². The summed E-state index contributed by atoms with van der Waals surface area (Å²) in [6.45, 7) is 0. The van der Waals surface area contributed by atoms with E-state index in [2.05, 4.69) is 11.2 Å². The van der Waals surface area contributed by atoms with E-state index in [0.29, 0.717) is 11.3 Å². The molecule has 2 aromatic rings. The Bertz CT molecular complexity index is 594. The second-order valence-corrected chi connectivity index (χ2v) is 3.75. The average Bonchev–Trinajstić information content (AvgIpc) is 2.41. The van der Waals surface area contributed by atoms with Gasteiger partial charge in [-0.05, 0) is 24.3 Å². The fraction of sp³-hybridized carbons (Fsp3) is 0. The van der Waals surface area contributed by atoms with Crippen LogP contribution in [0.1, 0.15) is 5.56 Å². The fourth-order valence-electron chi connectivity index (χ4n) is 1.56. The molecule has 2 heteroatoms. The van der Waals surface area contributed by atoms with Gasteiger partial charge in [0.05, 0.1) is 5.70 Å². The lowest BCUT2D eigenvalue weighted by atomic mass is 10.1. The number of rotatable bonds is 3. The molecule has 0 aliphatic rings. The van der Waals surface area contributed by atoms with Crippen molar-refractivity contribution in [3.8, 4) is 18.1 Å². The van der Waals surface area contributed by atoms with Crippen LogP contribution < -0.4 is 5.32 Å². The summed E-state index contributed by atoms with van der Waals surface area (Å²) in [7, 11) is 0. The maximum atomic E-state index is 9.68. The highest BCUT2D eigenvalue weighted by atomic mass is 16.3. The first-order valence-corrected chi connectivity index (χ1v) is 5.58. The van der Waals surface area contributed by atoms with Gasteiger partial charge in [0.2, 0.25) is 0 Å². The third-order valence-corrected chi connectivity index (χ3v) is 2.44. The summed E-state index contributed by atoms with van der Waals surface area (Å²) >= 11 is 0. The number of hydrogen-bond acceptors (Lipinski definition) is 2. The minimum absolute atomic E-state index is 0.208. The number of terminal acetylenes is 1. The monoisotopic (exact) mass is 235 g/mol. The van der Waals surface area contributed by atoms with Crippen LogP contribution in [0.15, 0.2) is 60.3 Å². The Hall–Kier alpha value is -2.66. The first-order valence-electron chi connectivity index (χ1n) is 5.58. The van der Waals surface area contributed by atoms with Gasteiger partial charge in [-0.1, -0.05) is 42.3 Å². The number of benzene rings is 2. The summed E-state index contributed by atoms with van der Waals surface area (Å²) in [4.78, 5) is 0. The van der Waals surface area contributed by atoms with Gasteiger partial charge in [-0.3, -0.25) is 0 Å². The molecule has 0 saturated heterocycles. The van der Waals surface area contributed by atoms with Crippen molar-refractivity contribution in [3.63, 3.8) is 0 Å². The Labute approximate surface area is 107 Å². The first kappa shape index (κ1) is 11.8. The average molecular weight is 235 g/mol. The van der Waals surface area contributed by atoms with Crippen molar-refractivity contribution in [2.45, 2.75) is 0 Å². The number of hydrogen-bond donors (Lipinski definition) is 2. The number of para-hydroxylation sites is 2. The number of phenolic OH excluding ortho intramolecular Hbond substituents is 1. The highest BCUT2D eigenvalue weighted by Gasteiger charge is 1.99. The second kappa shape index (κ2) is 5.60. The number of nitrogens with one attached hydrogen (secondary N) is 1. The maximum Gasteiger partial charge on any atom is 0.122 e. The highest BCUT2D eigenvalue weighted by Crippen LogP contribution is 2.19. The Morgan fingerprint density at radius 1 is 1.06 bits per heavy atom. The van der Waals surface area contributed by atoms with Crippen LogP contribution in [0.5, 0.6) is 5.75 Å². The minimum Gasteiger partial charge on any atom is -0.507 e. The molecule has 0 aliphatic carbocycles. The Balaban J connectivity index is 2.25. The first-order chi connectivity index (χ1) is 8.79. The van der Waals surface area contributed by atoms with Crippen molar-refractivity contribution in [2.75, 3.05) is 5.32 Å². The molecule has 0 amide bonds. The van der Waals surface area contributed by atoms with Crippen molar-refractivity contribution in [3.05, 3.63) is 65.9 Å². The molecule has 0 radical (unpaired) electrons. The van der Waals surface area contributed by atoms with E-state index in [0.717, 1.165) is 5.69 Å². The molecule has 2 N–H and O–H groups in total. The molecule has 2 nitrogen and oxygen atoms in total. The molecular formula is C16H13NO. The molecule has 0 saturated carbocycles. The summed E-state index contributed by atoms with van der Waals surface area (Å²) < 4.78 is 0. The second-order valence-electron chi connectivity index (χ2n) is 3.75. The predicted molar refractivity (Wildman–Crippen MR) is 75.0 cm³/mol. The molecule has 0 unspecified atom stereocenters. The molecule has 0 aromatic heterocycles. The van der Waals surface area contributed by atoms with E-state index in [9.17, 15) is 5.11 Å². The Kier molecular flexibility index (Phi) is 3.68. The van der Waals surface area contributed by atoms with Gasteiger partial charge in [0, 0.05) is 11.3 Å². The molecular weight excluding hydrogens is 222 g/mol. The van der Waals surface area contributed by atoms with Crippen molar-refractivity contribution in [1.29, 1.82) is 0 Å². The van der Waals surface area contributed by atoms with Gasteiger partial charge in [-0.2, -0.15) is 0 Å². The number of anilines is 1. The molecule has 0 atom stereocenters. The summed E-state index contributed by atoms with van der Waals surface area (Å²) in [5.74, 6) is 2.77. The van der Waals surface area contributed by atoms with Crippen molar-refractivity contribution in [2.24, 2.45) is 0 Å². The van der Waals surface area contributed by atoms with E-state index in [4.69, 9.17) is 6.42 Å². The molecule has 18 heavy (non-hydrogen) atoms. The normalized spacial score (nSPS) is 10.7. The Morgan fingerprint density at radius 3 is 2.39 bits per heavy atom. The van der Waals surface area contributed by atoms with Gasteiger partial charge < -0.3 is 10.4 Å². The van der Waals surface area contributed by atoms with E-state index >= 15 is 0 Å². The number of phenols is 1. The standard InChI is InChI=1S/C16H13NO/c1-2-14(17-15-9-4-3-5-10-15)12-13-8-6-7-11-16(13)18/h1,3-12,17-18H. The number of aromatic hydroxyl groups is 1. The smallest absolute Gasteiger partial charge is 0.122 e. The molecule has 2 rings (SSSR count). The van der Waals surface area contributed by atoms with Crippen molar-refractivity contribution in [1.82, 2.24) is 0 Å². The lowest BCUT2D eigenvalue weighted by molar-refractivity contribution is 0.474. The van der Waals surface area contributed by atoms with Gasteiger partial charge in [-0.25, -0.2) is 0 Å². The molecule has 2 aromatic carbocycles. The summed E-state index contributed by atoms with van der Waals surface area (Å²) in [5.41, 5.74) is 2.20. The summed E-state index contributed by atoms with van der Waals surface area (Å²) in [5, 5.41) is 12.8. The zero-order valence-corrected chi connectivity index (χ0v) is 9.80. The van der Waals surface area contributed by atoms with Gasteiger partial charge in [0.15, 0.2) is 0 Å². The van der Waals surface area contributed by atoms with Crippen LogP contribution in [0, 0.1) is 12.3 Å². The molecule has 0 fully saturated rings. The lowest BCUT2D eigenvalue weighted by Crippen LogP contribution is -1.96. The highest BCUT2D eigenvalue weighted by molar-refractivity contribution is 5.67. The molecule has 0 aliphatic heterocycles. The topological polar surface area (TPSA) is 32.3 Å². The van der Waals surface area contributed by atoms with Gasteiger partial charge >= 0.3 is 0 Å². The minimum atomic E-state index is 0.208. The third kappa shape index (κ3) is 2.93. The zero-order chi connectivity index (χ0) is 12.8. The van der Waals surface area contributed by atoms with Crippen LogP contribution in [0.25, 0.3) is 6.08 Å². The van der Waals surface area contributed by atoms with E-state index in [-0.39, 0.29) is 5.75 Å². The van der Waals surface area contributed by atoms with E-state index in [1.165, 1.54) is 0 Å². The Morgan fingerprint density at radius 2 is 1.72 bits per heavy atom. The molecule has 0 bridgehead atoms. The summed E-state index contributed by atoms with van der Waals surface area (Å²) in [6.07, 6.45) is 7.19. The van der Waals surface area contributed by atoms with Crippen LogP contribution in [0.2, 0.25) is 0 Å². The fourth-order valence-corrected chi connectivity index (χ4v) is 1.56. The van der Waals surface area contributed by atoms with Crippen molar-refractivity contribution >= 4 is 11.8 Å².